The van der Waals surface area contributed by atoms with Gasteiger partial charge in [0.15, 0.2) is 0 Å². The standard InChI is InChI=1S/C7H8O5.Zr/c1-3(8)5(4(2)9)6(10)7(11)12;/h5H,1-2H3,(H,11,12);. The molecule has 0 unspecified atom stereocenters. The van der Waals surface area contributed by atoms with Crippen molar-refractivity contribution in [3.8, 4) is 0 Å². The van der Waals surface area contributed by atoms with E-state index in [0.29, 0.717) is 0 Å². The summed E-state index contributed by atoms with van der Waals surface area (Å²) in [6, 6.07) is 0. The first-order chi connectivity index (χ1) is 5.37. The van der Waals surface area contributed by atoms with Gasteiger partial charge in [0.25, 0.3) is 5.78 Å². The SMILES string of the molecule is CC(=O)C(C(C)=O)C(=O)C(=O)O.[Zr]. The average Bonchev–Trinajstić information content (AvgIpc) is 1.85. The van der Waals surface area contributed by atoms with Crippen molar-refractivity contribution < 1.29 is 50.5 Å². The molecule has 0 aromatic carbocycles. The van der Waals surface area contributed by atoms with E-state index in [-0.39, 0.29) is 26.2 Å². The van der Waals surface area contributed by atoms with Crippen molar-refractivity contribution in [3.05, 3.63) is 0 Å². The Hall–Kier alpha value is -0.637. The Bertz CT molecular complexity index is 244. The molecule has 0 amide bonds. The van der Waals surface area contributed by atoms with Gasteiger partial charge >= 0.3 is 5.97 Å². The molecule has 0 spiro atoms. The molecule has 0 aliphatic carbocycles. The van der Waals surface area contributed by atoms with Crippen LogP contribution in [0, 0.1) is 5.92 Å². The van der Waals surface area contributed by atoms with Crippen molar-refractivity contribution in [2.45, 2.75) is 13.8 Å². The Morgan fingerprint density at radius 1 is 1.00 bits per heavy atom. The monoisotopic (exact) mass is 262 g/mol. The summed E-state index contributed by atoms with van der Waals surface area (Å²) in [6.07, 6.45) is 0. The zero-order valence-corrected chi connectivity index (χ0v) is 9.62. The maximum atomic E-state index is 10.7. The zero-order valence-electron chi connectivity index (χ0n) is 7.16. The minimum absolute atomic E-state index is 0. The molecule has 0 saturated heterocycles. The van der Waals surface area contributed by atoms with E-state index in [4.69, 9.17) is 5.11 Å². The van der Waals surface area contributed by atoms with Gasteiger partial charge in [-0.3, -0.25) is 14.4 Å². The number of aliphatic carboxylic acids is 1. The number of hydrogen-bond donors (Lipinski definition) is 1. The van der Waals surface area contributed by atoms with E-state index in [1.165, 1.54) is 0 Å². The first-order valence-corrected chi connectivity index (χ1v) is 3.16. The molecular formula is C7H8O5Zr. The molecule has 13 heavy (non-hydrogen) atoms. The van der Waals surface area contributed by atoms with E-state index in [2.05, 4.69) is 0 Å². The van der Waals surface area contributed by atoms with Crippen molar-refractivity contribution in [1.82, 2.24) is 0 Å². The minimum atomic E-state index is -1.76. The van der Waals surface area contributed by atoms with Crippen LogP contribution in [0.15, 0.2) is 0 Å². The van der Waals surface area contributed by atoms with Crippen LogP contribution in [0.1, 0.15) is 13.8 Å². The number of carbonyl (C=O) groups is 4. The molecule has 0 rings (SSSR count). The van der Waals surface area contributed by atoms with E-state index in [1.54, 1.807) is 0 Å². The molecule has 0 aromatic heterocycles. The molecule has 0 aliphatic heterocycles. The summed E-state index contributed by atoms with van der Waals surface area (Å²) in [7, 11) is 0. The van der Waals surface area contributed by atoms with E-state index >= 15 is 0 Å². The smallest absolute Gasteiger partial charge is 0.373 e. The predicted molar refractivity (Wildman–Crippen MR) is 37.5 cm³/mol. The maximum absolute atomic E-state index is 10.7. The first kappa shape index (κ1) is 14.9. The molecule has 0 atom stereocenters. The van der Waals surface area contributed by atoms with Crippen molar-refractivity contribution in [1.29, 1.82) is 0 Å². The molecule has 0 saturated carbocycles. The maximum Gasteiger partial charge on any atom is 0.373 e. The van der Waals surface area contributed by atoms with Gasteiger partial charge in [0.1, 0.15) is 17.5 Å². The molecule has 0 radical (unpaired) electrons. The van der Waals surface area contributed by atoms with Gasteiger partial charge in [-0.1, -0.05) is 0 Å². The van der Waals surface area contributed by atoms with Crippen LogP contribution in [0.25, 0.3) is 0 Å². The summed E-state index contributed by atoms with van der Waals surface area (Å²) in [5.74, 6) is -6.24. The van der Waals surface area contributed by atoms with Gasteiger partial charge in [0.2, 0.25) is 0 Å². The molecule has 0 aliphatic rings. The van der Waals surface area contributed by atoms with E-state index in [1.807, 2.05) is 0 Å². The number of carbonyl (C=O) groups excluding carboxylic acids is 3. The summed E-state index contributed by atoms with van der Waals surface area (Å²) in [5, 5.41) is 8.20. The molecule has 70 valence electrons. The van der Waals surface area contributed by atoms with Crippen LogP contribution in [0.2, 0.25) is 0 Å². The van der Waals surface area contributed by atoms with Gasteiger partial charge in [-0.15, -0.1) is 0 Å². The van der Waals surface area contributed by atoms with Crippen LogP contribution < -0.4 is 0 Å². The zero-order chi connectivity index (χ0) is 9.89. The normalized spacial score (nSPS) is 8.85. The minimum Gasteiger partial charge on any atom is -0.475 e. The average molecular weight is 263 g/mol. The number of Topliss-reactive ketones (excluding diaryl/α,β-unsaturated/α-hetero) is 3. The molecule has 0 aromatic rings. The van der Waals surface area contributed by atoms with Crippen LogP contribution in [0.5, 0.6) is 0 Å². The van der Waals surface area contributed by atoms with Gasteiger partial charge in [-0.2, -0.15) is 0 Å². The van der Waals surface area contributed by atoms with Gasteiger partial charge in [-0.05, 0) is 13.8 Å². The fraction of sp³-hybridized carbons (Fsp3) is 0.429. The van der Waals surface area contributed by atoms with Gasteiger partial charge in [-0.25, -0.2) is 4.79 Å². The fourth-order valence-electron chi connectivity index (χ4n) is 0.779. The van der Waals surface area contributed by atoms with Crippen molar-refractivity contribution in [3.63, 3.8) is 0 Å². The van der Waals surface area contributed by atoms with Crippen LogP contribution in [0.4, 0.5) is 0 Å². The van der Waals surface area contributed by atoms with E-state index in [0.717, 1.165) is 13.8 Å². The quantitative estimate of drug-likeness (QED) is 0.542. The van der Waals surface area contributed by atoms with Crippen LogP contribution in [-0.2, 0) is 45.4 Å². The summed E-state index contributed by atoms with van der Waals surface area (Å²) < 4.78 is 0. The Kier molecular flexibility index (Phi) is 6.76. The largest absolute Gasteiger partial charge is 0.475 e. The molecule has 0 bridgehead atoms. The topological polar surface area (TPSA) is 88.5 Å². The number of carboxylic acid groups (broad SMARTS) is 1. The van der Waals surface area contributed by atoms with Crippen LogP contribution in [-0.4, -0.2) is 28.4 Å². The molecular weight excluding hydrogens is 255 g/mol. The summed E-state index contributed by atoms with van der Waals surface area (Å²) in [4.78, 5) is 42.0. The number of ketones is 3. The second-order valence-electron chi connectivity index (χ2n) is 2.32. The Morgan fingerprint density at radius 2 is 1.31 bits per heavy atom. The third-order valence-corrected chi connectivity index (χ3v) is 1.29. The van der Waals surface area contributed by atoms with Crippen LogP contribution in [0.3, 0.4) is 0 Å². The van der Waals surface area contributed by atoms with E-state index in [9.17, 15) is 19.2 Å². The summed E-state index contributed by atoms with van der Waals surface area (Å²) in [5.41, 5.74) is 0. The van der Waals surface area contributed by atoms with Crippen molar-refractivity contribution >= 4 is 23.3 Å². The molecule has 0 heterocycles. The van der Waals surface area contributed by atoms with E-state index < -0.39 is 29.2 Å². The van der Waals surface area contributed by atoms with Gasteiger partial charge in [0.05, 0.1) is 0 Å². The Morgan fingerprint density at radius 3 is 1.38 bits per heavy atom. The number of hydrogen-bond acceptors (Lipinski definition) is 4. The number of rotatable bonds is 4. The van der Waals surface area contributed by atoms with Crippen LogP contribution >= 0.6 is 0 Å². The third-order valence-electron chi connectivity index (χ3n) is 1.29. The van der Waals surface area contributed by atoms with Crippen molar-refractivity contribution in [2.24, 2.45) is 5.92 Å². The molecule has 5 nitrogen and oxygen atoms in total. The molecule has 1 N–H and O–H groups in total. The summed E-state index contributed by atoms with van der Waals surface area (Å²) >= 11 is 0. The van der Waals surface area contributed by atoms with Crippen molar-refractivity contribution in [2.75, 3.05) is 0 Å². The van der Waals surface area contributed by atoms with Gasteiger partial charge < -0.3 is 5.11 Å². The van der Waals surface area contributed by atoms with Gasteiger partial charge in [0, 0.05) is 26.2 Å². The second kappa shape index (κ2) is 5.92. The number of carboxylic acids is 1. The third kappa shape index (κ3) is 4.22. The molecule has 0 fully saturated rings. The first-order valence-electron chi connectivity index (χ1n) is 3.16. The Labute approximate surface area is 93.6 Å². The Balaban J connectivity index is 0. The molecule has 6 heteroatoms. The predicted octanol–water partition coefficient (Wildman–Crippen LogP) is -0.568. The fourth-order valence-corrected chi connectivity index (χ4v) is 0.779. The second-order valence-corrected chi connectivity index (χ2v) is 2.32. The summed E-state index contributed by atoms with van der Waals surface area (Å²) in [6.45, 7) is 2.01.